The van der Waals surface area contributed by atoms with Crippen LogP contribution in [0.15, 0.2) is 47.3 Å². The molecular weight excluding hydrogens is 552 g/mol. The van der Waals surface area contributed by atoms with E-state index >= 15 is 0 Å². The Morgan fingerprint density at radius 3 is 2.31 bits per heavy atom. The lowest BCUT2D eigenvalue weighted by atomic mass is 10.0. The number of aromatic carboxylic acids is 1. The van der Waals surface area contributed by atoms with Gasteiger partial charge in [-0.05, 0) is 92.7 Å². The van der Waals surface area contributed by atoms with Gasteiger partial charge in [-0.1, -0.05) is 32.9 Å². The van der Waals surface area contributed by atoms with Gasteiger partial charge in [0.1, 0.15) is 11.4 Å². The summed E-state index contributed by atoms with van der Waals surface area (Å²) in [6.45, 7) is 16.3. The van der Waals surface area contributed by atoms with E-state index in [9.17, 15) is 24.6 Å². The van der Waals surface area contributed by atoms with Crippen LogP contribution >= 0.6 is 0 Å². The molecule has 1 aliphatic rings. The van der Waals surface area contributed by atoms with Gasteiger partial charge in [-0.15, -0.1) is 0 Å². The van der Waals surface area contributed by atoms with E-state index in [-0.39, 0.29) is 34.5 Å². The van der Waals surface area contributed by atoms with Crippen LogP contribution in [0, 0.1) is 0 Å². The molecule has 9 nitrogen and oxygen atoms in total. The van der Waals surface area contributed by atoms with E-state index in [4.69, 9.17) is 9.16 Å². The summed E-state index contributed by atoms with van der Waals surface area (Å²) < 4.78 is 12.9. The molecule has 2 unspecified atom stereocenters. The number of nitrogens with zero attached hydrogens (tertiary/aromatic N) is 1. The van der Waals surface area contributed by atoms with E-state index in [1.54, 1.807) is 29.2 Å². The van der Waals surface area contributed by atoms with Crippen LogP contribution in [0.2, 0.25) is 18.1 Å². The average Bonchev–Trinajstić information content (AvgIpc) is 3.28. The van der Waals surface area contributed by atoms with Crippen LogP contribution in [-0.4, -0.2) is 58.7 Å². The number of nitrogens with one attached hydrogen (secondary N) is 1. The zero-order valence-corrected chi connectivity index (χ0v) is 26.7. The number of rotatable bonds is 7. The molecule has 1 amide bonds. The second-order valence-corrected chi connectivity index (χ2v) is 18.4. The lowest BCUT2D eigenvalue weighted by Gasteiger charge is -2.42. The number of phenols is 1. The highest BCUT2D eigenvalue weighted by atomic mass is 28.4. The van der Waals surface area contributed by atoms with Crippen molar-refractivity contribution in [3.63, 3.8) is 0 Å². The molecule has 3 N–H and O–H groups in total. The molecule has 0 bridgehead atoms. The lowest BCUT2D eigenvalue weighted by Crippen LogP contribution is -2.49. The molecule has 10 heteroatoms. The van der Waals surface area contributed by atoms with E-state index in [2.05, 4.69) is 38.8 Å². The van der Waals surface area contributed by atoms with Gasteiger partial charge >= 0.3 is 12.1 Å². The number of carboxylic acids is 1. The largest absolute Gasteiger partial charge is 0.506 e. The number of hydrogen-bond acceptors (Lipinski definition) is 6. The van der Waals surface area contributed by atoms with Gasteiger partial charge < -0.3 is 29.3 Å². The number of ether oxygens (including phenoxy) is 1. The molecular formula is C32H42N2O7Si. The topological polar surface area (TPSA) is 129 Å². The Morgan fingerprint density at radius 1 is 1.02 bits per heavy atom. The van der Waals surface area contributed by atoms with Crippen LogP contribution in [0.25, 0.3) is 10.9 Å². The Hall–Kier alpha value is -3.63. The van der Waals surface area contributed by atoms with Gasteiger partial charge in [0.05, 0.1) is 23.7 Å². The summed E-state index contributed by atoms with van der Waals surface area (Å²) in [5, 5.41) is 20.6. The number of aromatic nitrogens is 1. The minimum Gasteiger partial charge on any atom is -0.506 e. The van der Waals surface area contributed by atoms with Gasteiger partial charge in [-0.25, -0.2) is 9.59 Å². The van der Waals surface area contributed by atoms with Gasteiger partial charge in [0.2, 0.25) is 5.56 Å². The number of carbonyl (C=O) groups is 2. The molecule has 2 aromatic carbocycles. The Kier molecular flexibility index (Phi) is 8.36. The van der Waals surface area contributed by atoms with Crippen molar-refractivity contribution >= 4 is 31.3 Å². The van der Waals surface area contributed by atoms with Gasteiger partial charge in [-0.3, -0.25) is 4.79 Å². The first-order chi connectivity index (χ1) is 19.4. The Balaban J connectivity index is 1.81. The third kappa shape index (κ3) is 6.70. The zero-order chi connectivity index (χ0) is 31.2. The fourth-order valence-electron chi connectivity index (χ4n) is 5.09. The van der Waals surface area contributed by atoms with Gasteiger partial charge in [-0.2, -0.15) is 0 Å². The van der Waals surface area contributed by atoms with Crippen LogP contribution in [0.5, 0.6) is 5.75 Å². The molecule has 4 rings (SSSR count). The predicted octanol–water partition coefficient (Wildman–Crippen LogP) is 6.40. The van der Waals surface area contributed by atoms with Crippen molar-refractivity contribution in [2.24, 2.45) is 0 Å². The number of amides is 1. The molecule has 42 heavy (non-hydrogen) atoms. The van der Waals surface area contributed by atoms with Crippen molar-refractivity contribution < 1.29 is 29.0 Å². The summed E-state index contributed by atoms with van der Waals surface area (Å²) in [5.41, 5.74) is 2.07. The summed E-state index contributed by atoms with van der Waals surface area (Å²) in [4.78, 5) is 42.0. The summed E-state index contributed by atoms with van der Waals surface area (Å²) in [6.07, 6.45) is -0.0679. The van der Waals surface area contributed by atoms with Crippen molar-refractivity contribution in [1.82, 2.24) is 9.88 Å². The SMILES string of the molecule is CC(C)(C)OC(=O)N(CC(O[Si](C)(C)C(C)(C)C)c1ccc(O)c2[nH]c(=O)ccc12)C1Cc2ccc(C(=O)O)cc2C1. The third-order valence-corrected chi connectivity index (χ3v) is 12.8. The van der Waals surface area contributed by atoms with E-state index in [1.165, 1.54) is 12.1 Å². The lowest BCUT2D eigenvalue weighted by molar-refractivity contribution is 0.00600. The molecule has 1 aromatic heterocycles. The van der Waals surface area contributed by atoms with Gasteiger partial charge in [0.25, 0.3) is 0 Å². The molecule has 0 aliphatic heterocycles. The van der Waals surface area contributed by atoms with Crippen LogP contribution < -0.4 is 5.56 Å². The minimum absolute atomic E-state index is 0.0537. The van der Waals surface area contributed by atoms with Crippen LogP contribution in [0.3, 0.4) is 0 Å². The van der Waals surface area contributed by atoms with Gasteiger partial charge in [0, 0.05) is 17.5 Å². The maximum Gasteiger partial charge on any atom is 0.410 e. The molecule has 226 valence electrons. The monoisotopic (exact) mass is 594 g/mol. The summed E-state index contributed by atoms with van der Waals surface area (Å²) >= 11 is 0. The number of phenolic OH excluding ortho intramolecular Hbond substituents is 1. The second-order valence-electron chi connectivity index (χ2n) is 13.6. The first-order valence-electron chi connectivity index (χ1n) is 14.2. The molecule has 0 fully saturated rings. The highest BCUT2D eigenvalue weighted by molar-refractivity contribution is 6.74. The maximum atomic E-state index is 13.8. The standard InChI is InChI=1S/C32H42N2O7Si/c1-31(2,3)40-30(39)34(22-16-19-9-10-20(29(37)38)15-21(19)17-22)18-26(41-42(7,8)32(4,5)6)23-11-13-25(35)28-24(23)12-14-27(36)33-28/h9-15,22,26,35H,16-18H2,1-8H3,(H,33,36)(H,37,38). The minimum atomic E-state index is -2.41. The number of hydrogen-bond donors (Lipinski definition) is 3. The van der Waals surface area contributed by atoms with Crippen molar-refractivity contribution in [2.45, 2.75) is 90.3 Å². The summed E-state index contributed by atoms with van der Waals surface area (Å²) in [6, 6.07) is 11.2. The maximum absolute atomic E-state index is 13.8. The van der Waals surface area contributed by atoms with E-state index in [0.717, 1.165) is 16.7 Å². The molecule has 2 atom stereocenters. The molecule has 1 aliphatic carbocycles. The number of benzene rings is 2. The third-order valence-electron chi connectivity index (χ3n) is 8.29. The number of carbonyl (C=O) groups excluding carboxylic acids is 1. The molecule has 0 saturated heterocycles. The molecule has 3 aromatic rings. The molecule has 0 saturated carbocycles. The summed E-state index contributed by atoms with van der Waals surface area (Å²) in [5.74, 6) is -1.05. The highest BCUT2D eigenvalue weighted by Crippen LogP contribution is 2.42. The summed E-state index contributed by atoms with van der Waals surface area (Å²) in [7, 11) is -2.41. The zero-order valence-electron chi connectivity index (χ0n) is 25.7. The van der Waals surface area contributed by atoms with Gasteiger partial charge in [0.15, 0.2) is 8.32 Å². The first kappa shape index (κ1) is 31.3. The van der Waals surface area contributed by atoms with Crippen LogP contribution in [0.4, 0.5) is 4.79 Å². The van der Waals surface area contributed by atoms with Crippen LogP contribution in [-0.2, 0) is 22.0 Å². The number of carboxylic acid groups (broad SMARTS) is 1. The van der Waals surface area contributed by atoms with Crippen molar-refractivity contribution in [1.29, 1.82) is 0 Å². The van der Waals surface area contributed by atoms with Crippen molar-refractivity contribution in [2.75, 3.05) is 6.54 Å². The van der Waals surface area contributed by atoms with E-state index in [0.29, 0.717) is 23.7 Å². The quantitative estimate of drug-likeness (QED) is 0.270. The Labute approximate surface area is 247 Å². The first-order valence-corrected chi connectivity index (χ1v) is 17.1. The number of H-pyrrole nitrogens is 1. The average molecular weight is 595 g/mol. The molecule has 1 heterocycles. The number of aromatic hydroxyl groups is 1. The number of pyridine rings is 1. The highest BCUT2D eigenvalue weighted by Gasteiger charge is 2.42. The number of aromatic amines is 1. The Bertz CT molecular complexity index is 1570. The van der Waals surface area contributed by atoms with Crippen molar-refractivity contribution in [3.8, 4) is 5.75 Å². The predicted molar refractivity (Wildman–Crippen MR) is 165 cm³/mol. The smallest absolute Gasteiger partial charge is 0.410 e. The molecule has 0 radical (unpaired) electrons. The fourth-order valence-corrected chi connectivity index (χ4v) is 6.36. The number of fused-ring (bicyclic) bond motifs is 2. The van der Waals surface area contributed by atoms with Crippen molar-refractivity contribution in [3.05, 3.63) is 75.1 Å². The Morgan fingerprint density at radius 2 is 1.69 bits per heavy atom. The normalized spacial score (nSPS) is 16.2. The van der Waals surface area contributed by atoms with Crippen LogP contribution in [0.1, 0.15) is 74.7 Å². The van der Waals surface area contributed by atoms with E-state index in [1.807, 2.05) is 26.8 Å². The fraction of sp³-hybridized carbons (Fsp3) is 0.469. The second kappa shape index (κ2) is 11.2. The molecule has 0 spiro atoms. The van der Waals surface area contributed by atoms with E-state index < -0.39 is 32.1 Å².